The Morgan fingerprint density at radius 1 is 1.55 bits per heavy atom. The molecule has 0 aliphatic carbocycles. The third kappa shape index (κ3) is 2.54. The second-order valence-corrected chi connectivity index (χ2v) is 4.83. The summed E-state index contributed by atoms with van der Waals surface area (Å²) in [7, 11) is 0. The van der Waals surface area contributed by atoms with E-state index in [2.05, 4.69) is 10.4 Å². The van der Waals surface area contributed by atoms with Gasteiger partial charge >= 0.3 is 0 Å². The summed E-state index contributed by atoms with van der Waals surface area (Å²) >= 11 is 0. The minimum Gasteiger partial charge on any atom is -0.466 e. The molecule has 2 aromatic rings. The summed E-state index contributed by atoms with van der Waals surface area (Å²) in [5.41, 5.74) is 7.56. The van der Waals surface area contributed by atoms with E-state index in [1.165, 1.54) is 6.20 Å². The Labute approximate surface area is 117 Å². The van der Waals surface area contributed by atoms with E-state index in [-0.39, 0.29) is 11.9 Å². The van der Waals surface area contributed by atoms with Crippen molar-refractivity contribution in [3.05, 3.63) is 35.0 Å². The van der Waals surface area contributed by atoms with Gasteiger partial charge in [0.2, 0.25) is 0 Å². The molecule has 6 heteroatoms. The molecule has 6 nitrogen and oxygen atoms in total. The molecule has 2 aromatic heterocycles. The first-order valence-electron chi connectivity index (χ1n) is 6.63. The largest absolute Gasteiger partial charge is 0.466 e. The van der Waals surface area contributed by atoms with Crippen molar-refractivity contribution < 1.29 is 9.21 Å². The zero-order valence-corrected chi connectivity index (χ0v) is 12.2. The monoisotopic (exact) mass is 276 g/mol. The second-order valence-electron chi connectivity index (χ2n) is 4.83. The summed E-state index contributed by atoms with van der Waals surface area (Å²) in [4.78, 5) is 12.3. The number of aryl methyl sites for hydroxylation is 3. The lowest BCUT2D eigenvalue weighted by molar-refractivity contribution is 0.0930. The van der Waals surface area contributed by atoms with Crippen LogP contribution in [0, 0.1) is 13.8 Å². The number of carbonyl (C=O) groups excluding carboxylic acids is 1. The second kappa shape index (κ2) is 5.40. The molecule has 3 N–H and O–H groups in total. The van der Waals surface area contributed by atoms with Crippen LogP contribution in [-0.2, 0) is 6.54 Å². The van der Waals surface area contributed by atoms with Gasteiger partial charge in [0.25, 0.3) is 5.91 Å². The summed E-state index contributed by atoms with van der Waals surface area (Å²) in [5.74, 6) is 1.41. The Morgan fingerprint density at radius 3 is 2.80 bits per heavy atom. The zero-order valence-electron chi connectivity index (χ0n) is 12.2. The van der Waals surface area contributed by atoms with Gasteiger partial charge < -0.3 is 15.5 Å². The summed E-state index contributed by atoms with van der Waals surface area (Å²) in [6.45, 7) is 8.19. The standard InChI is InChI=1S/C14H20N4O2/c1-5-18-13(12(15)7-16-18)14(19)17-9(3)11-6-8(2)20-10(11)4/h6-7,9H,5,15H2,1-4H3,(H,17,19). The summed E-state index contributed by atoms with van der Waals surface area (Å²) in [5, 5.41) is 7.00. The van der Waals surface area contributed by atoms with Crippen molar-refractivity contribution in [1.82, 2.24) is 15.1 Å². The minimum absolute atomic E-state index is 0.153. The summed E-state index contributed by atoms with van der Waals surface area (Å²) in [6, 6.07) is 1.78. The van der Waals surface area contributed by atoms with E-state index in [1.54, 1.807) is 4.68 Å². The fourth-order valence-electron chi connectivity index (χ4n) is 2.31. The van der Waals surface area contributed by atoms with Crippen molar-refractivity contribution in [3.63, 3.8) is 0 Å². The molecular formula is C14H20N4O2. The lowest BCUT2D eigenvalue weighted by Crippen LogP contribution is -2.29. The molecule has 0 saturated carbocycles. The van der Waals surface area contributed by atoms with Crippen LogP contribution in [0.25, 0.3) is 0 Å². The van der Waals surface area contributed by atoms with Gasteiger partial charge in [-0.15, -0.1) is 0 Å². The molecule has 1 amide bonds. The van der Waals surface area contributed by atoms with Gasteiger partial charge in [0, 0.05) is 12.1 Å². The van der Waals surface area contributed by atoms with Crippen molar-refractivity contribution >= 4 is 11.6 Å². The molecule has 0 spiro atoms. The highest BCUT2D eigenvalue weighted by Gasteiger charge is 2.20. The molecule has 0 saturated heterocycles. The van der Waals surface area contributed by atoms with Crippen LogP contribution in [0.1, 0.15) is 47.5 Å². The number of nitrogens with two attached hydrogens (primary N) is 1. The fraction of sp³-hybridized carbons (Fsp3) is 0.429. The van der Waals surface area contributed by atoms with Crippen LogP contribution in [0.3, 0.4) is 0 Å². The first-order chi connectivity index (χ1) is 9.43. The number of hydrogen-bond donors (Lipinski definition) is 2. The third-order valence-corrected chi connectivity index (χ3v) is 3.28. The van der Waals surface area contributed by atoms with Gasteiger partial charge in [-0.1, -0.05) is 0 Å². The lowest BCUT2D eigenvalue weighted by Gasteiger charge is -2.14. The van der Waals surface area contributed by atoms with Gasteiger partial charge in [-0.05, 0) is 33.8 Å². The SMILES string of the molecule is CCn1ncc(N)c1C(=O)NC(C)c1cc(C)oc1C. The average Bonchev–Trinajstić information content (AvgIpc) is 2.91. The fourth-order valence-corrected chi connectivity index (χ4v) is 2.31. The van der Waals surface area contributed by atoms with Gasteiger partial charge in [0.05, 0.1) is 17.9 Å². The van der Waals surface area contributed by atoms with Crippen molar-refractivity contribution in [1.29, 1.82) is 0 Å². The molecule has 0 fully saturated rings. The Balaban J connectivity index is 2.19. The molecule has 1 unspecified atom stereocenters. The summed E-state index contributed by atoms with van der Waals surface area (Å²) in [6.07, 6.45) is 1.50. The lowest BCUT2D eigenvalue weighted by atomic mass is 10.1. The normalized spacial score (nSPS) is 12.4. The maximum atomic E-state index is 12.3. The number of nitrogens with zero attached hydrogens (tertiary/aromatic N) is 2. The van der Waals surface area contributed by atoms with Crippen molar-refractivity contribution in [2.75, 3.05) is 5.73 Å². The van der Waals surface area contributed by atoms with Gasteiger partial charge in [-0.25, -0.2) is 0 Å². The third-order valence-electron chi connectivity index (χ3n) is 3.28. The highest BCUT2D eigenvalue weighted by atomic mass is 16.3. The number of anilines is 1. The quantitative estimate of drug-likeness (QED) is 0.896. The first-order valence-corrected chi connectivity index (χ1v) is 6.63. The van der Waals surface area contributed by atoms with Crippen LogP contribution in [0.2, 0.25) is 0 Å². The minimum atomic E-state index is -0.229. The van der Waals surface area contributed by atoms with Crippen LogP contribution in [0.15, 0.2) is 16.7 Å². The number of aromatic nitrogens is 2. The molecule has 0 radical (unpaired) electrons. The van der Waals surface area contributed by atoms with Crippen molar-refractivity contribution in [2.45, 2.75) is 40.3 Å². The molecule has 108 valence electrons. The Bertz CT molecular complexity index is 627. The Hall–Kier alpha value is -2.24. The van der Waals surface area contributed by atoms with Crippen LogP contribution < -0.4 is 11.1 Å². The molecule has 0 aliphatic heterocycles. The number of hydrogen-bond acceptors (Lipinski definition) is 4. The van der Waals surface area contributed by atoms with Crippen LogP contribution in [0.4, 0.5) is 5.69 Å². The molecule has 0 bridgehead atoms. The molecule has 2 heterocycles. The molecule has 1 atom stereocenters. The van der Waals surface area contributed by atoms with Gasteiger partial charge in [0.15, 0.2) is 0 Å². The van der Waals surface area contributed by atoms with E-state index in [4.69, 9.17) is 10.2 Å². The Kier molecular flexibility index (Phi) is 3.83. The van der Waals surface area contributed by atoms with E-state index >= 15 is 0 Å². The number of nitrogen functional groups attached to an aromatic ring is 1. The van der Waals surface area contributed by atoms with Crippen LogP contribution >= 0.6 is 0 Å². The molecule has 0 aromatic carbocycles. The topological polar surface area (TPSA) is 86.1 Å². The number of furan rings is 1. The number of nitrogens with one attached hydrogen (secondary N) is 1. The predicted molar refractivity (Wildman–Crippen MR) is 76.4 cm³/mol. The van der Waals surface area contributed by atoms with Gasteiger partial charge in [0.1, 0.15) is 17.2 Å². The number of carbonyl (C=O) groups is 1. The van der Waals surface area contributed by atoms with Gasteiger partial charge in [-0.2, -0.15) is 5.10 Å². The predicted octanol–water partition coefficient (Wildman–Crippen LogP) is 2.19. The number of rotatable bonds is 4. The molecular weight excluding hydrogens is 256 g/mol. The van der Waals surface area contributed by atoms with E-state index in [1.807, 2.05) is 33.8 Å². The maximum absolute atomic E-state index is 12.3. The van der Waals surface area contributed by atoms with E-state index < -0.39 is 0 Å². The van der Waals surface area contributed by atoms with Gasteiger partial charge in [-0.3, -0.25) is 9.48 Å². The van der Waals surface area contributed by atoms with Crippen molar-refractivity contribution in [2.24, 2.45) is 0 Å². The van der Waals surface area contributed by atoms with E-state index in [0.717, 1.165) is 17.1 Å². The smallest absolute Gasteiger partial charge is 0.272 e. The van der Waals surface area contributed by atoms with Crippen LogP contribution in [0.5, 0.6) is 0 Å². The first kappa shape index (κ1) is 14.2. The maximum Gasteiger partial charge on any atom is 0.272 e. The summed E-state index contributed by atoms with van der Waals surface area (Å²) < 4.78 is 7.07. The van der Waals surface area contributed by atoms with E-state index in [0.29, 0.717) is 17.9 Å². The van der Waals surface area contributed by atoms with Crippen LogP contribution in [-0.4, -0.2) is 15.7 Å². The average molecular weight is 276 g/mol. The highest BCUT2D eigenvalue weighted by Crippen LogP contribution is 2.22. The number of amides is 1. The molecule has 2 rings (SSSR count). The zero-order chi connectivity index (χ0) is 14.9. The Morgan fingerprint density at radius 2 is 2.25 bits per heavy atom. The highest BCUT2D eigenvalue weighted by molar-refractivity contribution is 5.97. The van der Waals surface area contributed by atoms with Crippen molar-refractivity contribution in [3.8, 4) is 0 Å². The molecule has 0 aliphatic rings. The van der Waals surface area contributed by atoms with E-state index in [9.17, 15) is 4.79 Å². The molecule has 20 heavy (non-hydrogen) atoms.